The highest BCUT2D eigenvalue weighted by Gasteiger charge is 2.28. The van der Waals surface area contributed by atoms with E-state index in [9.17, 15) is 8.42 Å². The first-order valence-corrected chi connectivity index (χ1v) is 8.75. The Bertz CT molecular complexity index is 760. The van der Waals surface area contributed by atoms with Crippen molar-refractivity contribution in [1.29, 1.82) is 0 Å². The summed E-state index contributed by atoms with van der Waals surface area (Å²) in [4.78, 5) is 4.55. The molecule has 6 heteroatoms. The van der Waals surface area contributed by atoms with E-state index in [0.717, 1.165) is 5.52 Å². The van der Waals surface area contributed by atoms with Gasteiger partial charge in [0, 0.05) is 12.3 Å². The molecule has 2 aromatic rings. The van der Waals surface area contributed by atoms with Gasteiger partial charge in [-0.3, -0.25) is 0 Å². The van der Waals surface area contributed by atoms with Gasteiger partial charge in [-0.2, -0.15) is 0 Å². The highest BCUT2D eigenvalue weighted by molar-refractivity contribution is 7.91. The van der Waals surface area contributed by atoms with Crippen molar-refractivity contribution in [3.63, 3.8) is 0 Å². The number of rotatable bonds is 3. The van der Waals surface area contributed by atoms with E-state index in [1.54, 1.807) is 12.1 Å². The number of hydrogen-bond acceptors (Lipinski definition) is 4. The molecule has 108 valence electrons. The fourth-order valence-electron chi connectivity index (χ4n) is 2.97. The van der Waals surface area contributed by atoms with E-state index in [4.69, 9.17) is 5.73 Å². The zero-order valence-corrected chi connectivity index (χ0v) is 12.5. The third-order valence-corrected chi connectivity index (χ3v) is 5.48. The molecule has 1 aromatic heterocycles. The lowest BCUT2D eigenvalue weighted by atomic mass is 9.80. The van der Waals surface area contributed by atoms with E-state index in [2.05, 4.69) is 11.9 Å². The molecule has 1 saturated carbocycles. The molecule has 1 aliphatic rings. The Balaban J connectivity index is 2.21. The third-order valence-electron chi connectivity index (χ3n) is 4.35. The van der Waals surface area contributed by atoms with Crippen molar-refractivity contribution < 1.29 is 8.42 Å². The molecule has 0 aliphatic heterocycles. The molecule has 5 nitrogen and oxygen atoms in total. The van der Waals surface area contributed by atoms with Crippen LogP contribution < -0.4 is 5.73 Å². The molecule has 1 aliphatic carbocycles. The number of benzene rings is 1. The fourth-order valence-corrected chi connectivity index (χ4v) is 3.80. The van der Waals surface area contributed by atoms with E-state index < -0.39 is 9.84 Å². The molecule has 1 aromatic carbocycles. The molecule has 1 unspecified atom stereocenters. The van der Waals surface area contributed by atoms with Crippen LogP contribution in [0.3, 0.4) is 0 Å². The number of para-hydroxylation sites is 1. The van der Waals surface area contributed by atoms with Crippen LogP contribution in [0, 0.1) is 5.92 Å². The van der Waals surface area contributed by atoms with Crippen molar-refractivity contribution in [1.82, 2.24) is 9.55 Å². The van der Waals surface area contributed by atoms with Crippen molar-refractivity contribution >= 4 is 26.8 Å². The van der Waals surface area contributed by atoms with Crippen molar-refractivity contribution in [3.05, 3.63) is 18.2 Å². The lowest BCUT2D eigenvalue weighted by Gasteiger charge is -2.33. The largest absolute Gasteiger partial charge is 0.369 e. The number of nitrogen functional groups attached to an aromatic ring is 1. The third kappa shape index (κ3) is 1.98. The van der Waals surface area contributed by atoms with Crippen LogP contribution in [0.1, 0.15) is 32.2 Å². The number of imidazole rings is 1. The second-order valence-corrected chi connectivity index (χ2v) is 7.65. The van der Waals surface area contributed by atoms with Crippen LogP contribution in [0.2, 0.25) is 0 Å². The minimum absolute atomic E-state index is 0.251. The molecular formula is C14H19N3O2S. The van der Waals surface area contributed by atoms with Gasteiger partial charge < -0.3 is 10.3 Å². The van der Waals surface area contributed by atoms with E-state index in [0.29, 0.717) is 17.4 Å². The summed E-state index contributed by atoms with van der Waals surface area (Å²) in [6.07, 6.45) is 4.86. The van der Waals surface area contributed by atoms with Crippen LogP contribution in [0.4, 0.5) is 5.95 Å². The van der Waals surface area contributed by atoms with Gasteiger partial charge in [-0.25, -0.2) is 13.4 Å². The zero-order chi connectivity index (χ0) is 14.5. The predicted molar refractivity (Wildman–Crippen MR) is 79.3 cm³/mol. The maximum atomic E-state index is 11.8. The quantitative estimate of drug-likeness (QED) is 0.942. The maximum Gasteiger partial charge on any atom is 0.201 e. The van der Waals surface area contributed by atoms with Crippen molar-refractivity contribution in [3.8, 4) is 0 Å². The Morgan fingerprint density at radius 1 is 1.40 bits per heavy atom. The van der Waals surface area contributed by atoms with Crippen molar-refractivity contribution in [2.75, 3.05) is 12.0 Å². The number of fused-ring (bicyclic) bond motifs is 1. The number of aromatic nitrogens is 2. The summed E-state index contributed by atoms with van der Waals surface area (Å²) in [5, 5.41) is 0. The number of nitrogens with zero attached hydrogens (tertiary/aromatic N) is 2. The SMILES string of the molecule is CC(C1CCC1)n1c(N)nc2c(S(C)(=O)=O)cccc21. The van der Waals surface area contributed by atoms with E-state index in [1.165, 1.54) is 25.5 Å². The highest BCUT2D eigenvalue weighted by atomic mass is 32.2. The second kappa shape index (κ2) is 4.48. The molecule has 20 heavy (non-hydrogen) atoms. The Hall–Kier alpha value is -1.56. The van der Waals surface area contributed by atoms with E-state index in [1.807, 2.05) is 10.6 Å². The molecule has 0 radical (unpaired) electrons. The van der Waals surface area contributed by atoms with Gasteiger partial charge in [-0.15, -0.1) is 0 Å². The smallest absolute Gasteiger partial charge is 0.201 e. The normalized spacial score (nSPS) is 18.1. The lowest BCUT2D eigenvalue weighted by Crippen LogP contribution is -2.23. The number of nitrogens with two attached hydrogens (primary N) is 1. The van der Waals surface area contributed by atoms with E-state index in [-0.39, 0.29) is 10.9 Å². The van der Waals surface area contributed by atoms with E-state index >= 15 is 0 Å². The van der Waals surface area contributed by atoms with Crippen LogP contribution in [-0.2, 0) is 9.84 Å². The van der Waals surface area contributed by atoms with Crippen molar-refractivity contribution in [2.24, 2.45) is 5.92 Å². The van der Waals surface area contributed by atoms with Gasteiger partial charge in [0.15, 0.2) is 9.84 Å². The molecule has 1 fully saturated rings. The first kappa shape index (κ1) is 13.4. The van der Waals surface area contributed by atoms with Gasteiger partial charge in [0.2, 0.25) is 5.95 Å². The Kier molecular flexibility index (Phi) is 3.01. The standard InChI is InChI=1S/C14H19N3O2S/c1-9(10-5-3-6-10)17-11-7-4-8-12(20(2,18)19)13(11)16-14(17)15/h4,7-10H,3,5-6H2,1-2H3,(H2,15,16). The Morgan fingerprint density at radius 3 is 2.65 bits per heavy atom. The predicted octanol–water partition coefficient (Wildman–Crippen LogP) is 2.38. The molecular weight excluding hydrogens is 274 g/mol. The Morgan fingerprint density at radius 2 is 2.10 bits per heavy atom. The maximum absolute atomic E-state index is 11.8. The molecule has 2 N–H and O–H groups in total. The van der Waals surface area contributed by atoms with Gasteiger partial charge in [-0.1, -0.05) is 12.5 Å². The minimum atomic E-state index is -3.30. The number of hydrogen-bond donors (Lipinski definition) is 1. The Labute approximate surface area is 118 Å². The summed E-state index contributed by atoms with van der Waals surface area (Å²) < 4.78 is 25.7. The minimum Gasteiger partial charge on any atom is -0.369 e. The second-order valence-electron chi connectivity index (χ2n) is 5.67. The highest BCUT2D eigenvalue weighted by Crippen LogP contribution is 2.39. The van der Waals surface area contributed by atoms with Crippen LogP contribution in [0.25, 0.3) is 11.0 Å². The molecule has 0 bridgehead atoms. The van der Waals surface area contributed by atoms with Crippen LogP contribution in [-0.4, -0.2) is 24.2 Å². The monoisotopic (exact) mass is 293 g/mol. The lowest BCUT2D eigenvalue weighted by molar-refractivity contribution is 0.227. The van der Waals surface area contributed by atoms with Crippen LogP contribution in [0.5, 0.6) is 0 Å². The molecule has 0 spiro atoms. The fraction of sp³-hybridized carbons (Fsp3) is 0.500. The summed E-state index contributed by atoms with van der Waals surface area (Å²) in [6, 6.07) is 5.48. The summed E-state index contributed by atoms with van der Waals surface area (Å²) in [7, 11) is -3.30. The van der Waals surface area contributed by atoms with Crippen LogP contribution in [0.15, 0.2) is 23.1 Å². The van der Waals surface area contributed by atoms with Gasteiger partial charge in [0.05, 0.1) is 10.4 Å². The zero-order valence-electron chi connectivity index (χ0n) is 11.7. The number of sulfone groups is 1. The average molecular weight is 293 g/mol. The average Bonchev–Trinajstić information content (AvgIpc) is 2.60. The van der Waals surface area contributed by atoms with Gasteiger partial charge >= 0.3 is 0 Å². The summed E-state index contributed by atoms with van der Waals surface area (Å²) in [6.45, 7) is 2.13. The molecule has 1 atom stereocenters. The topological polar surface area (TPSA) is 78.0 Å². The van der Waals surface area contributed by atoms with Gasteiger partial charge in [-0.05, 0) is 37.8 Å². The van der Waals surface area contributed by atoms with Gasteiger partial charge in [0.25, 0.3) is 0 Å². The summed E-state index contributed by atoms with van der Waals surface area (Å²) in [5.41, 5.74) is 7.33. The van der Waals surface area contributed by atoms with Gasteiger partial charge in [0.1, 0.15) is 5.52 Å². The molecule has 0 saturated heterocycles. The van der Waals surface area contributed by atoms with Crippen LogP contribution >= 0.6 is 0 Å². The first-order valence-electron chi connectivity index (χ1n) is 6.86. The number of anilines is 1. The molecule has 3 rings (SSSR count). The summed E-state index contributed by atoms with van der Waals surface area (Å²) in [5.74, 6) is 1.01. The summed E-state index contributed by atoms with van der Waals surface area (Å²) >= 11 is 0. The van der Waals surface area contributed by atoms with Crippen molar-refractivity contribution in [2.45, 2.75) is 37.1 Å². The molecule has 0 amide bonds. The molecule has 1 heterocycles. The first-order chi connectivity index (χ1) is 9.39.